The fourth-order valence-electron chi connectivity index (χ4n) is 1.68. The van der Waals surface area contributed by atoms with Gasteiger partial charge >= 0.3 is 0 Å². The van der Waals surface area contributed by atoms with Crippen molar-refractivity contribution >= 4 is 39.9 Å². The van der Waals surface area contributed by atoms with E-state index >= 15 is 0 Å². The van der Waals surface area contributed by atoms with Gasteiger partial charge in [0.1, 0.15) is 5.69 Å². The molecule has 0 spiro atoms. The molecule has 1 aliphatic heterocycles. The predicted molar refractivity (Wildman–Crippen MR) is 70.8 cm³/mol. The lowest BCUT2D eigenvalue weighted by atomic mass is 10.1. The third kappa shape index (κ3) is 2.69. The van der Waals surface area contributed by atoms with Gasteiger partial charge in [-0.05, 0) is 25.5 Å². The minimum Gasteiger partial charge on any atom is -0.301 e. The fraction of sp³-hybridized carbons (Fsp3) is 0.545. The summed E-state index contributed by atoms with van der Waals surface area (Å²) in [6, 6.07) is 0. The molecule has 1 saturated heterocycles. The maximum Gasteiger partial charge on any atom is 0.242 e. The number of amides is 1. The number of nitrogens with one attached hydrogen (secondary N) is 1. The van der Waals surface area contributed by atoms with Gasteiger partial charge in [-0.1, -0.05) is 0 Å². The molecule has 6 heteroatoms. The maximum absolute atomic E-state index is 12.1. The van der Waals surface area contributed by atoms with Crippen molar-refractivity contribution in [1.29, 1.82) is 0 Å². The van der Waals surface area contributed by atoms with Crippen molar-refractivity contribution in [2.75, 3.05) is 11.1 Å². The van der Waals surface area contributed by atoms with Crippen molar-refractivity contribution in [3.05, 3.63) is 11.1 Å². The Morgan fingerprint density at radius 2 is 2.29 bits per heavy atom. The third-order valence-corrected chi connectivity index (χ3v) is 5.06. The second kappa shape index (κ2) is 4.78. The summed E-state index contributed by atoms with van der Waals surface area (Å²) in [6.45, 7) is 3.42. The first-order chi connectivity index (χ1) is 8.01. The largest absolute Gasteiger partial charge is 0.301 e. The molecule has 0 aliphatic carbocycles. The molecular weight excluding hydrogens is 256 g/mol. The quantitative estimate of drug-likeness (QED) is 0.858. The number of rotatable bonds is 3. The predicted octanol–water partition coefficient (Wildman–Crippen LogP) is 2.57. The monoisotopic (exact) mass is 270 g/mol. The fourth-order valence-corrected chi connectivity index (χ4v) is 3.63. The van der Waals surface area contributed by atoms with Crippen molar-refractivity contribution in [3.63, 3.8) is 0 Å². The SMILES string of the molecule is CC(=O)c1csc(NC(=O)C2(C)CCCS2)n1. The van der Waals surface area contributed by atoms with Gasteiger partial charge in [0, 0.05) is 12.3 Å². The van der Waals surface area contributed by atoms with Gasteiger partial charge in [-0.25, -0.2) is 4.98 Å². The first kappa shape index (κ1) is 12.6. The molecule has 2 heterocycles. The number of anilines is 1. The highest BCUT2D eigenvalue weighted by molar-refractivity contribution is 8.01. The van der Waals surface area contributed by atoms with Gasteiger partial charge in [0.2, 0.25) is 5.91 Å². The zero-order chi connectivity index (χ0) is 12.5. The van der Waals surface area contributed by atoms with Crippen molar-refractivity contribution < 1.29 is 9.59 Å². The van der Waals surface area contributed by atoms with Crippen LogP contribution in [-0.2, 0) is 4.79 Å². The van der Waals surface area contributed by atoms with Crippen LogP contribution in [0.3, 0.4) is 0 Å². The van der Waals surface area contributed by atoms with Gasteiger partial charge in [-0.2, -0.15) is 0 Å². The van der Waals surface area contributed by atoms with Crippen LogP contribution in [0, 0.1) is 0 Å². The highest BCUT2D eigenvalue weighted by Crippen LogP contribution is 2.38. The Hall–Kier alpha value is -0.880. The average molecular weight is 270 g/mol. The Balaban J connectivity index is 2.05. The first-order valence-electron chi connectivity index (χ1n) is 5.43. The van der Waals surface area contributed by atoms with Crippen LogP contribution in [0.15, 0.2) is 5.38 Å². The van der Waals surface area contributed by atoms with Crippen LogP contribution in [0.1, 0.15) is 37.2 Å². The average Bonchev–Trinajstić information content (AvgIpc) is 2.88. The van der Waals surface area contributed by atoms with Crippen LogP contribution < -0.4 is 5.32 Å². The van der Waals surface area contributed by atoms with Crippen LogP contribution >= 0.6 is 23.1 Å². The molecule has 1 amide bonds. The molecule has 4 nitrogen and oxygen atoms in total. The van der Waals surface area contributed by atoms with Crippen molar-refractivity contribution in [2.24, 2.45) is 0 Å². The van der Waals surface area contributed by atoms with Crippen LogP contribution in [0.2, 0.25) is 0 Å². The van der Waals surface area contributed by atoms with E-state index < -0.39 is 0 Å². The molecule has 0 aromatic carbocycles. The van der Waals surface area contributed by atoms with Gasteiger partial charge in [0.15, 0.2) is 10.9 Å². The molecule has 0 saturated carbocycles. The molecule has 2 rings (SSSR count). The number of hydrogen-bond donors (Lipinski definition) is 1. The van der Waals surface area contributed by atoms with Crippen LogP contribution in [0.4, 0.5) is 5.13 Å². The lowest BCUT2D eigenvalue weighted by Crippen LogP contribution is -2.34. The highest BCUT2D eigenvalue weighted by atomic mass is 32.2. The Kier molecular flexibility index (Phi) is 3.53. The number of carbonyl (C=O) groups is 2. The number of carbonyl (C=O) groups excluding carboxylic acids is 2. The number of thiazole rings is 1. The number of ketones is 1. The number of hydrogen-bond acceptors (Lipinski definition) is 5. The number of aromatic nitrogens is 1. The molecule has 1 atom stereocenters. The molecule has 1 aromatic rings. The zero-order valence-electron chi connectivity index (χ0n) is 9.78. The Bertz CT molecular complexity index is 450. The molecule has 17 heavy (non-hydrogen) atoms. The molecule has 1 fully saturated rings. The van der Waals surface area contributed by atoms with Crippen molar-refractivity contribution in [1.82, 2.24) is 4.98 Å². The van der Waals surface area contributed by atoms with Crippen molar-refractivity contribution in [2.45, 2.75) is 31.4 Å². The normalized spacial score (nSPS) is 23.6. The summed E-state index contributed by atoms with van der Waals surface area (Å²) >= 11 is 2.97. The number of thioether (sulfide) groups is 1. The van der Waals surface area contributed by atoms with Gasteiger partial charge in [-0.15, -0.1) is 23.1 Å². The molecule has 1 aromatic heterocycles. The second-order valence-corrected chi connectivity index (χ2v) is 6.69. The van der Waals surface area contributed by atoms with E-state index in [1.807, 2.05) is 6.92 Å². The maximum atomic E-state index is 12.1. The summed E-state index contributed by atoms with van der Waals surface area (Å²) < 4.78 is -0.345. The summed E-state index contributed by atoms with van der Waals surface area (Å²) in [5.41, 5.74) is 0.412. The van der Waals surface area contributed by atoms with Crippen LogP contribution in [-0.4, -0.2) is 27.2 Å². The molecule has 0 radical (unpaired) electrons. The van der Waals surface area contributed by atoms with E-state index in [1.165, 1.54) is 18.3 Å². The minimum absolute atomic E-state index is 0.00977. The highest BCUT2D eigenvalue weighted by Gasteiger charge is 2.37. The summed E-state index contributed by atoms with van der Waals surface area (Å²) in [6.07, 6.45) is 1.97. The minimum atomic E-state index is -0.345. The Morgan fingerprint density at radius 3 is 2.82 bits per heavy atom. The van der Waals surface area contributed by atoms with E-state index in [9.17, 15) is 9.59 Å². The van der Waals surface area contributed by atoms with Gasteiger partial charge in [0.25, 0.3) is 0 Å². The lowest BCUT2D eigenvalue weighted by Gasteiger charge is -2.20. The summed E-state index contributed by atoms with van der Waals surface area (Å²) in [4.78, 5) is 27.2. The van der Waals surface area contributed by atoms with E-state index in [4.69, 9.17) is 0 Å². The summed E-state index contributed by atoms with van der Waals surface area (Å²) in [5, 5.41) is 4.97. The molecule has 92 valence electrons. The second-order valence-electron chi connectivity index (χ2n) is 4.23. The van der Waals surface area contributed by atoms with E-state index in [0.29, 0.717) is 10.8 Å². The van der Waals surface area contributed by atoms with E-state index in [2.05, 4.69) is 10.3 Å². The smallest absolute Gasteiger partial charge is 0.242 e. The van der Waals surface area contributed by atoms with Crippen LogP contribution in [0.5, 0.6) is 0 Å². The topological polar surface area (TPSA) is 59.1 Å². The molecule has 1 N–H and O–H groups in total. The lowest BCUT2D eigenvalue weighted by molar-refractivity contribution is -0.118. The van der Waals surface area contributed by atoms with E-state index in [-0.39, 0.29) is 16.4 Å². The molecule has 0 bridgehead atoms. The molecular formula is C11H14N2O2S2. The van der Waals surface area contributed by atoms with Crippen LogP contribution in [0.25, 0.3) is 0 Å². The van der Waals surface area contributed by atoms with Gasteiger partial charge in [0.05, 0.1) is 4.75 Å². The van der Waals surface area contributed by atoms with E-state index in [0.717, 1.165) is 18.6 Å². The standard InChI is InChI=1S/C11H14N2O2S2/c1-7(14)8-6-16-10(12-8)13-9(15)11(2)4-3-5-17-11/h6H,3-5H2,1-2H3,(H,12,13,15). The summed E-state index contributed by atoms with van der Waals surface area (Å²) in [5.74, 6) is 0.938. The van der Waals surface area contributed by atoms with Crippen molar-refractivity contribution in [3.8, 4) is 0 Å². The molecule has 1 unspecified atom stereocenters. The van der Waals surface area contributed by atoms with Gasteiger partial charge < -0.3 is 5.32 Å². The summed E-state index contributed by atoms with van der Waals surface area (Å²) in [7, 11) is 0. The zero-order valence-corrected chi connectivity index (χ0v) is 11.4. The van der Waals surface area contributed by atoms with E-state index in [1.54, 1.807) is 17.1 Å². The van der Waals surface area contributed by atoms with Gasteiger partial charge in [-0.3, -0.25) is 9.59 Å². The molecule has 1 aliphatic rings. The Morgan fingerprint density at radius 1 is 1.53 bits per heavy atom. The first-order valence-corrected chi connectivity index (χ1v) is 7.30. The third-order valence-electron chi connectivity index (χ3n) is 2.78. The Labute approximate surface area is 108 Å². The number of Topliss-reactive ketones (excluding diaryl/α,β-unsaturated/α-hetero) is 1. The number of nitrogens with zero attached hydrogens (tertiary/aromatic N) is 1.